The summed E-state index contributed by atoms with van der Waals surface area (Å²) in [6.07, 6.45) is 0. The van der Waals surface area contributed by atoms with E-state index in [0.717, 1.165) is 4.88 Å². The third-order valence-electron chi connectivity index (χ3n) is 3.94. The number of hydrogen-bond donors (Lipinski definition) is 4. The molecule has 2 heterocycles. The van der Waals surface area contributed by atoms with E-state index in [1.807, 2.05) is 31.4 Å². The Morgan fingerprint density at radius 1 is 1.38 bits per heavy atom. The molecule has 0 aliphatic carbocycles. The summed E-state index contributed by atoms with van der Waals surface area (Å²) in [5, 5.41) is 24.2. The molecule has 0 fully saturated rings. The van der Waals surface area contributed by atoms with Gasteiger partial charge in [0, 0.05) is 0 Å². The van der Waals surface area contributed by atoms with Crippen molar-refractivity contribution < 1.29 is 15.0 Å². The Kier molecular flexibility index (Phi) is 4.55. The summed E-state index contributed by atoms with van der Waals surface area (Å²) in [5.41, 5.74) is 1.20. The van der Waals surface area contributed by atoms with Crippen molar-refractivity contribution in [1.82, 2.24) is 15.3 Å². The standard InChI is InChI=1S/C17H19N3O3S/c1-9(2)11(8-21)18-17(23)10-5-6-12(22)15-14(10)19-16(20-15)13-4-3-7-24-13/h3-7,9,11,21-22H,8H2,1-2H3,(H,18,23)(H,19,20)/t11-/m1/s1. The molecular formula is C17H19N3O3S. The molecule has 4 N–H and O–H groups in total. The van der Waals surface area contributed by atoms with Crippen molar-refractivity contribution in [2.75, 3.05) is 6.61 Å². The Balaban J connectivity index is 2.02. The minimum absolute atomic E-state index is 0.0411. The molecule has 0 unspecified atom stereocenters. The molecule has 1 atom stereocenters. The second-order valence-electron chi connectivity index (χ2n) is 5.93. The minimum Gasteiger partial charge on any atom is -0.506 e. The molecule has 0 spiro atoms. The van der Waals surface area contributed by atoms with Crippen LogP contribution >= 0.6 is 11.3 Å². The molecule has 3 rings (SSSR count). The first kappa shape index (κ1) is 16.5. The zero-order valence-electron chi connectivity index (χ0n) is 13.4. The number of nitrogens with one attached hydrogen (secondary N) is 2. The van der Waals surface area contributed by atoms with Crippen LogP contribution < -0.4 is 5.32 Å². The maximum Gasteiger partial charge on any atom is 0.253 e. The van der Waals surface area contributed by atoms with E-state index in [0.29, 0.717) is 22.4 Å². The number of imidazole rings is 1. The maximum absolute atomic E-state index is 12.6. The number of aromatic hydroxyl groups is 1. The summed E-state index contributed by atoms with van der Waals surface area (Å²) in [6, 6.07) is 6.50. The van der Waals surface area contributed by atoms with E-state index in [1.54, 1.807) is 6.07 Å². The van der Waals surface area contributed by atoms with Gasteiger partial charge in [-0.3, -0.25) is 4.79 Å². The van der Waals surface area contributed by atoms with Crippen LogP contribution in [0.25, 0.3) is 21.7 Å². The van der Waals surface area contributed by atoms with Crippen LogP contribution in [0.4, 0.5) is 0 Å². The van der Waals surface area contributed by atoms with Gasteiger partial charge in [0.25, 0.3) is 5.91 Å². The number of carbonyl (C=O) groups is 1. The van der Waals surface area contributed by atoms with Gasteiger partial charge in [-0.25, -0.2) is 4.98 Å². The number of aliphatic hydroxyl groups is 1. The average molecular weight is 345 g/mol. The number of aromatic amines is 1. The number of aromatic nitrogens is 2. The van der Waals surface area contributed by atoms with E-state index < -0.39 is 0 Å². The van der Waals surface area contributed by atoms with Gasteiger partial charge >= 0.3 is 0 Å². The van der Waals surface area contributed by atoms with Crippen molar-refractivity contribution in [3.05, 3.63) is 35.2 Å². The van der Waals surface area contributed by atoms with Crippen LogP contribution in [0, 0.1) is 5.92 Å². The lowest BCUT2D eigenvalue weighted by atomic mass is 10.0. The monoisotopic (exact) mass is 345 g/mol. The highest BCUT2D eigenvalue weighted by Gasteiger charge is 2.21. The van der Waals surface area contributed by atoms with Gasteiger partial charge in [-0.05, 0) is 29.5 Å². The molecule has 0 aliphatic rings. The fourth-order valence-corrected chi connectivity index (χ4v) is 3.13. The van der Waals surface area contributed by atoms with E-state index in [9.17, 15) is 15.0 Å². The number of hydrogen-bond acceptors (Lipinski definition) is 5. The van der Waals surface area contributed by atoms with Crippen molar-refractivity contribution in [1.29, 1.82) is 0 Å². The van der Waals surface area contributed by atoms with Gasteiger partial charge in [0.05, 0.1) is 23.1 Å². The maximum atomic E-state index is 12.6. The van der Waals surface area contributed by atoms with Crippen molar-refractivity contribution in [2.24, 2.45) is 5.92 Å². The van der Waals surface area contributed by atoms with Crippen molar-refractivity contribution in [2.45, 2.75) is 19.9 Å². The molecule has 1 aromatic carbocycles. The molecule has 3 aromatic rings. The fourth-order valence-electron chi connectivity index (χ4n) is 2.46. The SMILES string of the molecule is CC(C)[C@@H](CO)NC(=O)c1ccc(O)c2[nH]c(-c3cccs3)nc12. The number of rotatable bonds is 5. The smallest absolute Gasteiger partial charge is 0.253 e. The highest BCUT2D eigenvalue weighted by molar-refractivity contribution is 7.13. The summed E-state index contributed by atoms with van der Waals surface area (Å²) in [4.78, 5) is 21.1. The van der Waals surface area contributed by atoms with E-state index >= 15 is 0 Å². The van der Waals surface area contributed by atoms with Crippen LogP contribution in [0.3, 0.4) is 0 Å². The highest BCUT2D eigenvalue weighted by Crippen LogP contribution is 2.30. The van der Waals surface area contributed by atoms with Crippen LogP contribution in [0.15, 0.2) is 29.6 Å². The number of carbonyl (C=O) groups excluding carboxylic acids is 1. The van der Waals surface area contributed by atoms with Crippen LogP contribution in [-0.2, 0) is 0 Å². The normalized spacial score (nSPS) is 12.7. The van der Waals surface area contributed by atoms with Crippen molar-refractivity contribution in [3.8, 4) is 16.5 Å². The largest absolute Gasteiger partial charge is 0.506 e. The highest BCUT2D eigenvalue weighted by atomic mass is 32.1. The quantitative estimate of drug-likeness (QED) is 0.571. The number of aliphatic hydroxyl groups excluding tert-OH is 1. The van der Waals surface area contributed by atoms with Crippen LogP contribution in [0.1, 0.15) is 24.2 Å². The van der Waals surface area contributed by atoms with E-state index in [4.69, 9.17) is 0 Å². The molecule has 0 radical (unpaired) electrons. The zero-order valence-corrected chi connectivity index (χ0v) is 14.2. The Bertz CT molecular complexity index is 855. The van der Waals surface area contributed by atoms with Gasteiger partial charge < -0.3 is 20.5 Å². The van der Waals surface area contributed by atoms with E-state index in [1.165, 1.54) is 17.4 Å². The molecule has 0 bridgehead atoms. The van der Waals surface area contributed by atoms with Gasteiger partial charge in [0.1, 0.15) is 22.6 Å². The first-order chi connectivity index (χ1) is 11.5. The third-order valence-corrected chi connectivity index (χ3v) is 4.82. The van der Waals surface area contributed by atoms with Crippen LogP contribution in [0.5, 0.6) is 5.75 Å². The predicted molar refractivity (Wildman–Crippen MR) is 94.2 cm³/mol. The van der Waals surface area contributed by atoms with E-state index in [-0.39, 0.29) is 30.2 Å². The Hall–Kier alpha value is -2.38. The summed E-state index contributed by atoms with van der Waals surface area (Å²) in [6.45, 7) is 3.72. The van der Waals surface area contributed by atoms with Gasteiger partial charge in [-0.15, -0.1) is 11.3 Å². The first-order valence-electron chi connectivity index (χ1n) is 7.68. The number of thiophene rings is 1. The first-order valence-corrected chi connectivity index (χ1v) is 8.56. The Morgan fingerprint density at radius 3 is 2.79 bits per heavy atom. The number of nitrogens with zero attached hydrogens (tertiary/aromatic N) is 1. The lowest BCUT2D eigenvalue weighted by Gasteiger charge is -2.20. The molecule has 126 valence electrons. The molecule has 24 heavy (non-hydrogen) atoms. The molecule has 2 aromatic heterocycles. The number of phenols is 1. The number of amides is 1. The van der Waals surface area contributed by atoms with Crippen molar-refractivity contribution >= 4 is 28.3 Å². The lowest BCUT2D eigenvalue weighted by Crippen LogP contribution is -2.41. The number of benzene rings is 1. The Labute approximate surface area is 143 Å². The van der Waals surface area contributed by atoms with Gasteiger partial charge in [0.15, 0.2) is 0 Å². The van der Waals surface area contributed by atoms with E-state index in [2.05, 4.69) is 15.3 Å². The van der Waals surface area contributed by atoms with Crippen LogP contribution in [0.2, 0.25) is 0 Å². The van der Waals surface area contributed by atoms with Crippen LogP contribution in [-0.4, -0.2) is 38.7 Å². The molecular weight excluding hydrogens is 326 g/mol. The zero-order chi connectivity index (χ0) is 17.3. The summed E-state index contributed by atoms with van der Waals surface area (Å²) in [7, 11) is 0. The molecule has 7 heteroatoms. The second-order valence-corrected chi connectivity index (χ2v) is 6.87. The average Bonchev–Trinajstić information content (AvgIpc) is 3.21. The molecule has 0 aliphatic heterocycles. The summed E-state index contributed by atoms with van der Waals surface area (Å²) >= 11 is 1.52. The molecule has 6 nitrogen and oxygen atoms in total. The van der Waals surface area contributed by atoms with Gasteiger partial charge in [0.2, 0.25) is 0 Å². The lowest BCUT2D eigenvalue weighted by molar-refractivity contribution is 0.0898. The van der Waals surface area contributed by atoms with Gasteiger partial charge in [-0.1, -0.05) is 19.9 Å². The van der Waals surface area contributed by atoms with Gasteiger partial charge in [-0.2, -0.15) is 0 Å². The fraction of sp³-hybridized carbons (Fsp3) is 0.294. The molecule has 1 amide bonds. The van der Waals surface area contributed by atoms with Crippen molar-refractivity contribution in [3.63, 3.8) is 0 Å². The predicted octanol–water partition coefficient (Wildman–Crippen LogP) is 2.74. The minimum atomic E-state index is -0.336. The molecule has 0 saturated carbocycles. The topological polar surface area (TPSA) is 98.2 Å². The number of H-pyrrole nitrogens is 1. The summed E-state index contributed by atoms with van der Waals surface area (Å²) < 4.78 is 0. The second kappa shape index (κ2) is 6.62. The Morgan fingerprint density at radius 2 is 2.17 bits per heavy atom. The summed E-state index contributed by atoms with van der Waals surface area (Å²) in [5.74, 6) is 0.432. The number of fused-ring (bicyclic) bond motifs is 1. The molecule has 0 saturated heterocycles. The third kappa shape index (κ3) is 3.00. The number of phenolic OH excluding ortho intramolecular Hbond substituents is 1.